The van der Waals surface area contributed by atoms with Gasteiger partial charge in [0, 0.05) is 6.20 Å². The zero-order chi connectivity index (χ0) is 22.8. The molecule has 3 aromatic rings. The molecule has 2 aromatic carbocycles. The van der Waals surface area contributed by atoms with Crippen LogP contribution in [0.1, 0.15) is 28.4 Å². The van der Waals surface area contributed by atoms with Crippen molar-refractivity contribution in [3.05, 3.63) is 101 Å². The summed E-state index contributed by atoms with van der Waals surface area (Å²) in [6.45, 7) is 1.93. The summed E-state index contributed by atoms with van der Waals surface area (Å²) in [6, 6.07) is 15.4. The number of Topliss-reactive ketones (excluding diaryl/α,β-unsaturated/α-hetero) is 1. The van der Waals surface area contributed by atoms with Gasteiger partial charge in [-0.3, -0.25) is 14.6 Å². The molecule has 1 N–H and O–H groups in total. The Morgan fingerprint density at radius 2 is 1.88 bits per heavy atom. The number of ketones is 1. The van der Waals surface area contributed by atoms with Gasteiger partial charge in [0.15, 0.2) is 0 Å². The number of pyridine rings is 1. The normalized spacial score (nSPS) is 17.6. The highest BCUT2D eigenvalue weighted by molar-refractivity contribution is 6.46. The number of hydrogen-bond donors (Lipinski definition) is 1. The van der Waals surface area contributed by atoms with Gasteiger partial charge < -0.3 is 14.7 Å². The first kappa shape index (κ1) is 21.2. The summed E-state index contributed by atoms with van der Waals surface area (Å²) < 4.78 is 19.2. The van der Waals surface area contributed by atoms with Crippen LogP contribution in [0.2, 0.25) is 0 Å². The number of amides is 1. The van der Waals surface area contributed by atoms with E-state index in [2.05, 4.69) is 4.98 Å². The van der Waals surface area contributed by atoms with Gasteiger partial charge in [0.25, 0.3) is 11.7 Å². The second-order valence-electron chi connectivity index (χ2n) is 7.45. The molecule has 1 aliphatic rings. The lowest BCUT2D eigenvalue weighted by Crippen LogP contribution is -2.29. The van der Waals surface area contributed by atoms with Crippen LogP contribution >= 0.6 is 0 Å². The van der Waals surface area contributed by atoms with E-state index >= 15 is 0 Å². The van der Waals surface area contributed by atoms with Crippen molar-refractivity contribution in [3.8, 4) is 5.75 Å². The van der Waals surface area contributed by atoms with Crippen molar-refractivity contribution in [2.45, 2.75) is 19.5 Å². The van der Waals surface area contributed by atoms with Crippen LogP contribution in [0.25, 0.3) is 5.76 Å². The van der Waals surface area contributed by atoms with E-state index in [0.29, 0.717) is 11.3 Å². The number of carbonyl (C=O) groups excluding carboxylic acids is 2. The Morgan fingerprint density at radius 3 is 2.56 bits per heavy atom. The number of rotatable bonds is 5. The van der Waals surface area contributed by atoms with Gasteiger partial charge in [-0.2, -0.15) is 0 Å². The molecular formula is C25H21FN2O4. The largest absolute Gasteiger partial charge is 0.507 e. The molecule has 1 fully saturated rings. The molecule has 0 radical (unpaired) electrons. The van der Waals surface area contributed by atoms with Gasteiger partial charge >= 0.3 is 0 Å². The number of likely N-dealkylation sites (tertiary alicyclic amines) is 1. The Morgan fingerprint density at radius 1 is 1.12 bits per heavy atom. The first-order valence-corrected chi connectivity index (χ1v) is 10.00. The second-order valence-corrected chi connectivity index (χ2v) is 7.45. The maximum atomic E-state index is 14.0. The monoisotopic (exact) mass is 432 g/mol. The maximum Gasteiger partial charge on any atom is 0.296 e. The molecule has 162 valence electrons. The van der Waals surface area contributed by atoms with E-state index < -0.39 is 29.3 Å². The second kappa shape index (κ2) is 8.63. The number of aliphatic hydroxyl groups excluding tert-OH is 1. The lowest BCUT2D eigenvalue weighted by Gasteiger charge is -2.26. The minimum Gasteiger partial charge on any atom is -0.507 e. The number of carbonyl (C=O) groups is 2. The highest BCUT2D eigenvalue weighted by Crippen LogP contribution is 2.42. The molecule has 0 saturated carbocycles. The average Bonchev–Trinajstić information content (AvgIpc) is 3.04. The molecule has 1 aliphatic heterocycles. The molecule has 1 aromatic heterocycles. The molecule has 1 saturated heterocycles. The molecule has 1 atom stereocenters. The average molecular weight is 432 g/mol. The van der Waals surface area contributed by atoms with Gasteiger partial charge in [0.1, 0.15) is 17.3 Å². The summed E-state index contributed by atoms with van der Waals surface area (Å²) in [5.74, 6) is -2.53. The Balaban J connectivity index is 1.93. The van der Waals surface area contributed by atoms with Crippen LogP contribution in [0.15, 0.2) is 72.4 Å². The van der Waals surface area contributed by atoms with Crippen molar-refractivity contribution in [2.24, 2.45) is 0 Å². The van der Waals surface area contributed by atoms with Crippen molar-refractivity contribution in [2.75, 3.05) is 7.11 Å². The van der Waals surface area contributed by atoms with Gasteiger partial charge in [-0.1, -0.05) is 30.3 Å². The fourth-order valence-electron chi connectivity index (χ4n) is 3.94. The van der Waals surface area contributed by atoms with E-state index in [1.165, 1.54) is 24.1 Å². The van der Waals surface area contributed by atoms with Crippen molar-refractivity contribution >= 4 is 17.4 Å². The minimum atomic E-state index is -0.869. The zero-order valence-electron chi connectivity index (χ0n) is 17.6. The lowest BCUT2D eigenvalue weighted by molar-refractivity contribution is -0.140. The Kier molecular flexibility index (Phi) is 5.73. The molecule has 0 aliphatic carbocycles. The number of hydrogen-bond acceptors (Lipinski definition) is 5. The third-order valence-electron chi connectivity index (χ3n) is 5.50. The highest BCUT2D eigenvalue weighted by atomic mass is 19.1. The van der Waals surface area contributed by atoms with Crippen LogP contribution in [-0.2, 0) is 16.1 Å². The summed E-state index contributed by atoms with van der Waals surface area (Å²) >= 11 is 0. The number of aromatic nitrogens is 1. The SMILES string of the molecule is COc1ccc(F)cc1/C(O)=C1\C(=O)C(=O)N(Cc2ccccn2)C1c1ccccc1C. The molecule has 6 nitrogen and oxygen atoms in total. The first-order chi connectivity index (χ1) is 15.4. The maximum absolute atomic E-state index is 14.0. The predicted octanol–water partition coefficient (Wildman–Crippen LogP) is 4.16. The predicted molar refractivity (Wildman–Crippen MR) is 116 cm³/mol. The van der Waals surface area contributed by atoms with Crippen LogP contribution in [0.3, 0.4) is 0 Å². The Labute approximate surface area is 184 Å². The van der Waals surface area contributed by atoms with Crippen LogP contribution < -0.4 is 4.74 Å². The fraction of sp³-hybridized carbons (Fsp3) is 0.160. The minimum absolute atomic E-state index is 0.00178. The number of methoxy groups -OCH3 is 1. The molecule has 1 unspecified atom stereocenters. The molecule has 1 amide bonds. The third kappa shape index (κ3) is 3.73. The van der Waals surface area contributed by atoms with Crippen LogP contribution in [-0.4, -0.2) is 33.8 Å². The van der Waals surface area contributed by atoms with Gasteiger partial charge in [-0.05, 0) is 48.4 Å². The first-order valence-electron chi connectivity index (χ1n) is 10.00. The van der Waals surface area contributed by atoms with Crippen LogP contribution in [0.4, 0.5) is 4.39 Å². The third-order valence-corrected chi connectivity index (χ3v) is 5.50. The van der Waals surface area contributed by atoms with Crippen LogP contribution in [0, 0.1) is 12.7 Å². The van der Waals surface area contributed by atoms with E-state index in [-0.39, 0.29) is 23.4 Å². The Bertz CT molecular complexity index is 1220. The Hall–Kier alpha value is -4.00. The van der Waals surface area contributed by atoms with Crippen molar-refractivity contribution in [1.29, 1.82) is 0 Å². The summed E-state index contributed by atoms with van der Waals surface area (Å²) in [4.78, 5) is 31.9. The molecule has 0 spiro atoms. The number of halogens is 1. The zero-order valence-corrected chi connectivity index (χ0v) is 17.6. The van der Waals surface area contributed by atoms with Crippen LogP contribution in [0.5, 0.6) is 5.75 Å². The summed E-state index contributed by atoms with van der Waals surface area (Å²) in [5, 5.41) is 11.2. The summed E-state index contributed by atoms with van der Waals surface area (Å²) in [5.41, 5.74) is 1.99. The van der Waals surface area contributed by atoms with Crippen molar-refractivity contribution in [3.63, 3.8) is 0 Å². The van der Waals surface area contributed by atoms with E-state index in [0.717, 1.165) is 11.6 Å². The van der Waals surface area contributed by atoms with Gasteiger partial charge in [-0.25, -0.2) is 4.39 Å². The number of ether oxygens (including phenoxy) is 1. The smallest absolute Gasteiger partial charge is 0.296 e. The van der Waals surface area contributed by atoms with Crippen molar-refractivity contribution < 1.29 is 23.8 Å². The van der Waals surface area contributed by atoms with Gasteiger partial charge in [0.2, 0.25) is 0 Å². The molecule has 0 bridgehead atoms. The number of benzene rings is 2. The molecule has 4 rings (SSSR count). The summed E-state index contributed by atoms with van der Waals surface area (Å²) in [7, 11) is 1.38. The molecular weight excluding hydrogens is 411 g/mol. The molecule has 32 heavy (non-hydrogen) atoms. The summed E-state index contributed by atoms with van der Waals surface area (Å²) in [6.07, 6.45) is 1.60. The topological polar surface area (TPSA) is 79.7 Å². The molecule has 7 heteroatoms. The van der Waals surface area contributed by atoms with E-state index in [4.69, 9.17) is 4.74 Å². The molecule has 2 heterocycles. The van der Waals surface area contributed by atoms with Gasteiger partial charge in [-0.15, -0.1) is 0 Å². The van der Waals surface area contributed by atoms with Crippen molar-refractivity contribution in [1.82, 2.24) is 9.88 Å². The van der Waals surface area contributed by atoms with Gasteiger partial charge in [0.05, 0.1) is 36.5 Å². The number of aliphatic hydroxyl groups is 1. The number of nitrogens with zero attached hydrogens (tertiary/aromatic N) is 2. The lowest BCUT2D eigenvalue weighted by atomic mass is 9.92. The number of aryl methyl sites for hydroxylation is 1. The quantitative estimate of drug-likeness (QED) is 0.372. The fourth-order valence-corrected chi connectivity index (χ4v) is 3.94. The highest BCUT2D eigenvalue weighted by Gasteiger charge is 2.46. The van der Waals surface area contributed by atoms with E-state index in [9.17, 15) is 19.1 Å². The van der Waals surface area contributed by atoms with E-state index in [1.807, 2.05) is 19.1 Å². The standard InChI is InChI=1S/C25H21FN2O4/c1-15-7-3-4-9-18(15)22-21(23(29)19-13-16(26)10-11-20(19)32-2)24(30)25(31)28(22)14-17-8-5-6-12-27-17/h3-13,22,29H,14H2,1-2H3/b23-21+. The van der Waals surface area contributed by atoms with E-state index in [1.54, 1.807) is 36.5 Å².